The van der Waals surface area contributed by atoms with E-state index in [4.69, 9.17) is 6.42 Å². The smallest absolute Gasteiger partial charge is 0.0268 e. The van der Waals surface area contributed by atoms with Crippen LogP contribution in [0.5, 0.6) is 0 Å². The predicted molar refractivity (Wildman–Crippen MR) is 40.1 cm³/mol. The lowest BCUT2D eigenvalue weighted by Gasteiger charge is -2.03. The molecule has 1 unspecified atom stereocenters. The summed E-state index contributed by atoms with van der Waals surface area (Å²) in [5.41, 5.74) is 0. The van der Waals surface area contributed by atoms with Crippen LogP contribution in [0.2, 0.25) is 0 Å². The Hall–Kier alpha value is -0.440. The van der Waals surface area contributed by atoms with Crippen LogP contribution in [-0.4, -0.2) is 0 Å². The zero-order valence-electron chi connectivity index (χ0n) is 6.09. The molecule has 0 aromatic carbocycles. The first-order chi connectivity index (χ1) is 4.92. The molecule has 0 N–H and O–H groups in total. The van der Waals surface area contributed by atoms with Gasteiger partial charge in [-0.15, -0.1) is 12.3 Å². The van der Waals surface area contributed by atoms with E-state index in [1.54, 1.807) is 0 Å². The first kappa shape index (κ1) is 5.24. The number of hydrogen-bond acceptors (Lipinski definition) is 0. The minimum Gasteiger partial charge on any atom is -0.120 e. The molecular formula is C10H12. The Morgan fingerprint density at radius 1 is 1.10 bits per heavy atom. The molecule has 0 nitrogen and oxygen atoms in total. The third kappa shape index (κ3) is 0.399. The van der Waals surface area contributed by atoms with Crippen LogP contribution in [0.1, 0.15) is 19.3 Å². The number of fused-ring (bicyclic) bond motifs is 5. The van der Waals surface area contributed by atoms with Crippen LogP contribution < -0.4 is 0 Å². The first-order valence-corrected chi connectivity index (χ1v) is 4.38. The standard InChI is InChI=1S/C10H12/c1-2-8-9-6-3-4-7(5-6)10(8)9/h1,6-10H,3-5H2/t6-,7+,8?,9-,10+. The van der Waals surface area contributed by atoms with E-state index in [0.717, 1.165) is 23.7 Å². The SMILES string of the molecule is C#CC1[C@@H]2[C@H]3CC[C@H](C3)[C@H]12. The maximum atomic E-state index is 5.43. The van der Waals surface area contributed by atoms with Crippen molar-refractivity contribution in [2.24, 2.45) is 29.6 Å². The Morgan fingerprint density at radius 2 is 1.70 bits per heavy atom. The molecule has 0 aromatic heterocycles. The van der Waals surface area contributed by atoms with Crippen molar-refractivity contribution in [2.75, 3.05) is 0 Å². The summed E-state index contributed by atoms with van der Waals surface area (Å²) in [5, 5.41) is 0. The van der Waals surface area contributed by atoms with E-state index in [1.165, 1.54) is 19.3 Å². The average Bonchev–Trinajstić information content (AvgIpc) is 2.36. The maximum absolute atomic E-state index is 5.43. The molecule has 0 radical (unpaired) electrons. The zero-order valence-corrected chi connectivity index (χ0v) is 6.09. The summed E-state index contributed by atoms with van der Waals surface area (Å²) in [6, 6.07) is 0. The van der Waals surface area contributed by atoms with Crippen molar-refractivity contribution >= 4 is 0 Å². The Kier molecular flexibility index (Phi) is 0.744. The average molecular weight is 132 g/mol. The van der Waals surface area contributed by atoms with Gasteiger partial charge in [0.15, 0.2) is 0 Å². The molecule has 0 aromatic rings. The molecule has 5 atom stereocenters. The predicted octanol–water partition coefficient (Wildman–Crippen LogP) is 1.91. The van der Waals surface area contributed by atoms with Gasteiger partial charge in [0.05, 0.1) is 0 Å². The summed E-state index contributed by atoms with van der Waals surface area (Å²) in [5.74, 6) is 7.74. The van der Waals surface area contributed by atoms with Gasteiger partial charge in [0.1, 0.15) is 0 Å². The number of hydrogen-bond donors (Lipinski definition) is 0. The van der Waals surface area contributed by atoms with Gasteiger partial charge in [-0.2, -0.15) is 0 Å². The summed E-state index contributed by atoms with van der Waals surface area (Å²) in [6.45, 7) is 0. The van der Waals surface area contributed by atoms with Crippen LogP contribution in [0.15, 0.2) is 0 Å². The molecule has 0 aliphatic heterocycles. The Labute approximate surface area is 62.0 Å². The molecule has 3 aliphatic rings. The third-order valence-electron chi connectivity index (χ3n) is 3.93. The second-order valence-corrected chi connectivity index (χ2v) is 4.18. The Morgan fingerprint density at radius 3 is 2.20 bits per heavy atom. The highest BCUT2D eigenvalue weighted by Gasteiger charge is 2.64. The van der Waals surface area contributed by atoms with E-state index >= 15 is 0 Å². The van der Waals surface area contributed by atoms with Crippen LogP contribution in [0.4, 0.5) is 0 Å². The summed E-state index contributed by atoms with van der Waals surface area (Å²) in [4.78, 5) is 0. The molecule has 3 rings (SSSR count). The summed E-state index contributed by atoms with van der Waals surface area (Å²) in [7, 11) is 0. The maximum Gasteiger partial charge on any atom is 0.0268 e. The second kappa shape index (κ2) is 1.42. The molecule has 3 saturated carbocycles. The van der Waals surface area contributed by atoms with Crippen molar-refractivity contribution < 1.29 is 0 Å². The van der Waals surface area contributed by atoms with E-state index < -0.39 is 0 Å². The van der Waals surface area contributed by atoms with Gasteiger partial charge in [0.2, 0.25) is 0 Å². The van der Waals surface area contributed by atoms with Gasteiger partial charge in [-0.25, -0.2) is 0 Å². The zero-order chi connectivity index (χ0) is 6.72. The quantitative estimate of drug-likeness (QED) is 0.442. The van der Waals surface area contributed by atoms with Crippen molar-refractivity contribution in [1.29, 1.82) is 0 Å². The second-order valence-electron chi connectivity index (χ2n) is 4.18. The molecule has 52 valence electrons. The lowest BCUT2D eigenvalue weighted by molar-refractivity contribution is 0.456. The van der Waals surface area contributed by atoms with E-state index in [2.05, 4.69) is 5.92 Å². The fraction of sp³-hybridized carbons (Fsp3) is 0.800. The highest BCUT2D eigenvalue weighted by atomic mass is 14.7. The van der Waals surface area contributed by atoms with Crippen molar-refractivity contribution in [3.63, 3.8) is 0 Å². The molecule has 0 spiro atoms. The molecule has 3 fully saturated rings. The Balaban J connectivity index is 1.92. The normalized spacial score (nSPS) is 61.7. The van der Waals surface area contributed by atoms with Crippen LogP contribution in [0.25, 0.3) is 0 Å². The van der Waals surface area contributed by atoms with Crippen molar-refractivity contribution in [1.82, 2.24) is 0 Å². The third-order valence-corrected chi connectivity index (χ3v) is 3.93. The lowest BCUT2D eigenvalue weighted by Crippen LogP contribution is -1.95. The molecule has 0 heterocycles. The molecular weight excluding hydrogens is 120 g/mol. The van der Waals surface area contributed by atoms with Crippen LogP contribution in [0.3, 0.4) is 0 Å². The monoisotopic (exact) mass is 132 g/mol. The minimum atomic E-state index is 0.714. The minimum absolute atomic E-state index is 0.714. The van der Waals surface area contributed by atoms with Crippen LogP contribution >= 0.6 is 0 Å². The van der Waals surface area contributed by atoms with Crippen molar-refractivity contribution in [3.05, 3.63) is 0 Å². The summed E-state index contributed by atoms with van der Waals surface area (Å²) >= 11 is 0. The van der Waals surface area contributed by atoms with Gasteiger partial charge in [-0.1, -0.05) is 0 Å². The lowest BCUT2D eigenvalue weighted by atomic mass is 10.0. The largest absolute Gasteiger partial charge is 0.120 e. The molecule has 0 heteroatoms. The molecule has 0 saturated heterocycles. The van der Waals surface area contributed by atoms with Gasteiger partial charge < -0.3 is 0 Å². The van der Waals surface area contributed by atoms with Crippen LogP contribution in [-0.2, 0) is 0 Å². The van der Waals surface area contributed by atoms with E-state index in [0.29, 0.717) is 5.92 Å². The van der Waals surface area contributed by atoms with Crippen LogP contribution in [0, 0.1) is 41.9 Å². The van der Waals surface area contributed by atoms with Crippen molar-refractivity contribution in [2.45, 2.75) is 19.3 Å². The summed E-state index contributed by atoms with van der Waals surface area (Å²) in [6.07, 6.45) is 9.93. The molecule has 2 bridgehead atoms. The van der Waals surface area contributed by atoms with E-state index in [-0.39, 0.29) is 0 Å². The van der Waals surface area contributed by atoms with Gasteiger partial charge in [0.25, 0.3) is 0 Å². The van der Waals surface area contributed by atoms with Crippen molar-refractivity contribution in [3.8, 4) is 12.3 Å². The molecule has 10 heavy (non-hydrogen) atoms. The molecule has 0 amide bonds. The van der Waals surface area contributed by atoms with Gasteiger partial charge in [0, 0.05) is 5.92 Å². The fourth-order valence-corrected chi connectivity index (χ4v) is 3.55. The number of terminal acetylenes is 1. The fourth-order valence-electron chi connectivity index (χ4n) is 3.55. The first-order valence-electron chi connectivity index (χ1n) is 4.38. The number of rotatable bonds is 0. The van der Waals surface area contributed by atoms with Gasteiger partial charge >= 0.3 is 0 Å². The summed E-state index contributed by atoms with van der Waals surface area (Å²) < 4.78 is 0. The highest BCUT2D eigenvalue weighted by molar-refractivity contribution is 5.21. The molecule has 3 aliphatic carbocycles. The van der Waals surface area contributed by atoms with E-state index in [1.807, 2.05) is 0 Å². The van der Waals surface area contributed by atoms with Gasteiger partial charge in [-0.05, 0) is 42.9 Å². The van der Waals surface area contributed by atoms with E-state index in [9.17, 15) is 0 Å². The van der Waals surface area contributed by atoms with Gasteiger partial charge in [-0.3, -0.25) is 0 Å². The Bertz CT molecular complexity index is 195. The topological polar surface area (TPSA) is 0 Å². The highest BCUT2D eigenvalue weighted by Crippen LogP contribution is 2.68.